The molecule has 138 valence electrons. The van der Waals surface area contributed by atoms with Crippen LogP contribution in [0.5, 0.6) is 0 Å². The van der Waals surface area contributed by atoms with Gasteiger partial charge in [-0.1, -0.05) is 56.0 Å². The molecule has 0 aliphatic heterocycles. The number of hydrogen-bond donors (Lipinski definition) is 0. The molecule has 3 heteroatoms. The third-order valence-corrected chi connectivity index (χ3v) is 6.28. The molecule has 2 fully saturated rings. The van der Waals surface area contributed by atoms with Gasteiger partial charge in [0.2, 0.25) is 12.1 Å². The van der Waals surface area contributed by atoms with E-state index in [9.17, 15) is 4.79 Å². The van der Waals surface area contributed by atoms with E-state index in [1.54, 1.807) is 0 Å². The maximum atomic E-state index is 12.7. The Morgan fingerprint density at radius 1 is 0.923 bits per heavy atom. The fourth-order valence-corrected chi connectivity index (χ4v) is 4.84. The van der Waals surface area contributed by atoms with E-state index in [1.165, 1.54) is 69.9 Å². The minimum absolute atomic E-state index is 0.201. The number of carbonyl (C=O) groups excluding carboxylic acids is 1. The molecule has 0 saturated heterocycles. The highest BCUT2D eigenvalue weighted by atomic mass is 16.1. The molecular weight excluding hydrogens is 320 g/mol. The van der Waals surface area contributed by atoms with Crippen LogP contribution in [0.1, 0.15) is 92.2 Å². The fraction of sp³-hybridized carbons (Fsp3) is 0.565. The molecule has 1 heterocycles. The molecule has 1 aromatic heterocycles. The van der Waals surface area contributed by atoms with Crippen LogP contribution in [0.4, 0.5) is 0 Å². The van der Waals surface area contributed by atoms with Crippen LogP contribution in [0, 0.1) is 0 Å². The highest BCUT2D eigenvalue weighted by Crippen LogP contribution is 2.36. The zero-order chi connectivity index (χ0) is 17.8. The predicted octanol–water partition coefficient (Wildman–Crippen LogP) is 5.21. The molecule has 0 atom stereocenters. The van der Waals surface area contributed by atoms with Crippen LogP contribution >= 0.6 is 0 Å². The molecule has 2 aliphatic carbocycles. The van der Waals surface area contributed by atoms with E-state index in [0.717, 1.165) is 5.56 Å². The topological polar surface area (TPSA) is 25.9 Å². The average molecular weight is 352 g/mol. The molecule has 1 aromatic carbocycles. The van der Waals surface area contributed by atoms with Crippen molar-refractivity contribution >= 4 is 5.78 Å². The van der Waals surface area contributed by atoms with Crippen molar-refractivity contribution in [1.29, 1.82) is 0 Å². The number of Topliss-reactive ketones (excluding diaryl/α,β-unsaturated/α-hetero) is 1. The fourth-order valence-electron chi connectivity index (χ4n) is 4.84. The van der Waals surface area contributed by atoms with E-state index in [-0.39, 0.29) is 5.78 Å². The summed E-state index contributed by atoms with van der Waals surface area (Å²) >= 11 is 0. The van der Waals surface area contributed by atoms with Gasteiger partial charge in [0.15, 0.2) is 6.54 Å². The van der Waals surface area contributed by atoms with Gasteiger partial charge in [-0.15, -0.1) is 0 Å². The molecule has 0 N–H and O–H groups in total. The number of rotatable bonds is 5. The van der Waals surface area contributed by atoms with Crippen molar-refractivity contribution in [3.05, 3.63) is 54.1 Å². The minimum Gasteiger partial charge on any atom is -0.290 e. The van der Waals surface area contributed by atoms with Crippen LogP contribution in [0.3, 0.4) is 0 Å². The van der Waals surface area contributed by atoms with Crippen molar-refractivity contribution < 1.29 is 9.36 Å². The standard InChI is InChI=1S/C23H31N2O/c26-23(20-12-6-2-7-13-20)17-24-16-22(19-10-4-1-5-11-19)25(18-24)21-14-8-3-9-15-21/h2,6-7,12-13,16,18-19,21H,1,3-5,8-11,14-15,17H2/q+1. The smallest absolute Gasteiger partial charge is 0.244 e. The van der Waals surface area contributed by atoms with E-state index >= 15 is 0 Å². The van der Waals surface area contributed by atoms with Crippen LogP contribution in [0.2, 0.25) is 0 Å². The molecular formula is C23H31N2O+. The summed E-state index contributed by atoms with van der Waals surface area (Å²) in [7, 11) is 0. The zero-order valence-electron chi connectivity index (χ0n) is 15.8. The number of hydrogen-bond acceptors (Lipinski definition) is 1. The molecule has 0 radical (unpaired) electrons. The third-order valence-electron chi connectivity index (χ3n) is 6.28. The summed E-state index contributed by atoms with van der Waals surface area (Å²) in [6, 6.07) is 10.3. The Balaban J connectivity index is 1.58. The molecule has 0 bridgehead atoms. The summed E-state index contributed by atoms with van der Waals surface area (Å²) < 4.78 is 4.70. The molecule has 2 saturated carbocycles. The maximum Gasteiger partial charge on any atom is 0.244 e. The van der Waals surface area contributed by atoms with Crippen molar-refractivity contribution in [2.24, 2.45) is 0 Å². The lowest BCUT2D eigenvalue weighted by atomic mass is 9.86. The Bertz CT molecular complexity index is 686. The van der Waals surface area contributed by atoms with Gasteiger partial charge >= 0.3 is 0 Å². The lowest BCUT2D eigenvalue weighted by Gasteiger charge is -2.24. The highest BCUT2D eigenvalue weighted by molar-refractivity contribution is 5.94. The Morgan fingerprint density at radius 3 is 2.27 bits per heavy atom. The van der Waals surface area contributed by atoms with Crippen LogP contribution in [0.25, 0.3) is 0 Å². The SMILES string of the molecule is O=C(C[n+]1cc(C2CCCCC2)n(C2CCCCC2)c1)c1ccccc1. The summed E-state index contributed by atoms with van der Waals surface area (Å²) in [5.74, 6) is 0.880. The van der Waals surface area contributed by atoms with E-state index < -0.39 is 0 Å². The van der Waals surface area contributed by atoms with Crippen molar-refractivity contribution in [2.45, 2.75) is 82.7 Å². The summed E-state index contributed by atoms with van der Waals surface area (Å²) in [5, 5.41) is 0. The first kappa shape index (κ1) is 17.5. The van der Waals surface area contributed by atoms with Gasteiger partial charge in [0.05, 0.1) is 0 Å². The zero-order valence-corrected chi connectivity index (χ0v) is 15.8. The molecule has 2 aromatic rings. The quantitative estimate of drug-likeness (QED) is 0.536. The van der Waals surface area contributed by atoms with Crippen LogP contribution in [-0.2, 0) is 6.54 Å². The van der Waals surface area contributed by atoms with Crippen molar-refractivity contribution in [3.8, 4) is 0 Å². The predicted molar refractivity (Wildman–Crippen MR) is 103 cm³/mol. The van der Waals surface area contributed by atoms with Gasteiger partial charge < -0.3 is 0 Å². The van der Waals surface area contributed by atoms with Gasteiger partial charge in [0.1, 0.15) is 17.9 Å². The summed E-state index contributed by atoms with van der Waals surface area (Å²) in [4.78, 5) is 12.7. The summed E-state index contributed by atoms with van der Waals surface area (Å²) in [5.41, 5.74) is 2.29. The van der Waals surface area contributed by atoms with Gasteiger partial charge in [-0.2, -0.15) is 0 Å². The van der Waals surface area contributed by atoms with Crippen LogP contribution in [0.15, 0.2) is 42.9 Å². The first-order valence-corrected chi connectivity index (χ1v) is 10.5. The normalized spacial score (nSPS) is 19.5. The van der Waals surface area contributed by atoms with Gasteiger partial charge in [-0.25, -0.2) is 9.13 Å². The number of nitrogens with zero attached hydrogens (tertiary/aromatic N) is 2. The first-order valence-electron chi connectivity index (χ1n) is 10.5. The summed E-state index contributed by atoms with van der Waals surface area (Å²) in [6.45, 7) is 0.448. The Morgan fingerprint density at radius 2 is 1.58 bits per heavy atom. The Kier molecular flexibility index (Phi) is 5.52. The van der Waals surface area contributed by atoms with Crippen molar-refractivity contribution in [2.75, 3.05) is 0 Å². The highest BCUT2D eigenvalue weighted by Gasteiger charge is 2.30. The molecule has 26 heavy (non-hydrogen) atoms. The number of imidazole rings is 1. The minimum atomic E-state index is 0.201. The number of benzene rings is 1. The van der Waals surface area contributed by atoms with E-state index in [2.05, 4.69) is 21.7 Å². The van der Waals surface area contributed by atoms with E-state index in [1.807, 2.05) is 30.3 Å². The number of carbonyl (C=O) groups is 1. The Labute approximate surface area is 157 Å². The molecule has 4 rings (SSSR count). The van der Waals surface area contributed by atoms with Crippen molar-refractivity contribution in [1.82, 2.24) is 4.57 Å². The second kappa shape index (κ2) is 8.20. The molecule has 3 nitrogen and oxygen atoms in total. The van der Waals surface area contributed by atoms with Crippen LogP contribution in [-0.4, -0.2) is 10.4 Å². The second-order valence-corrected chi connectivity index (χ2v) is 8.17. The Hall–Kier alpha value is -1.90. The van der Waals surface area contributed by atoms with Gasteiger partial charge in [0.25, 0.3) is 0 Å². The van der Waals surface area contributed by atoms with Gasteiger partial charge in [-0.05, 0) is 38.5 Å². The first-order chi connectivity index (χ1) is 12.8. The number of ketones is 1. The number of aromatic nitrogens is 2. The molecule has 2 aliphatic rings. The monoisotopic (exact) mass is 351 g/mol. The lowest BCUT2D eigenvalue weighted by molar-refractivity contribution is -0.683. The second-order valence-electron chi connectivity index (χ2n) is 8.17. The van der Waals surface area contributed by atoms with Gasteiger partial charge in [-0.3, -0.25) is 4.79 Å². The maximum absolute atomic E-state index is 12.7. The van der Waals surface area contributed by atoms with Crippen molar-refractivity contribution in [3.63, 3.8) is 0 Å². The average Bonchev–Trinajstić information content (AvgIpc) is 3.14. The largest absolute Gasteiger partial charge is 0.290 e. The lowest BCUT2D eigenvalue weighted by Crippen LogP contribution is -2.36. The van der Waals surface area contributed by atoms with Crippen LogP contribution < -0.4 is 4.57 Å². The molecule has 0 unspecified atom stereocenters. The van der Waals surface area contributed by atoms with Gasteiger partial charge in [0, 0.05) is 11.5 Å². The van der Waals surface area contributed by atoms with E-state index in [0.29, 0.717) is 18.5 Å². The molecule has 0 spiro atoms. The summed E-state index contributed by atoms with van der Waals surface area (Å²) in [6.07, 6.45) is 17.9. The molecule has 0 amide bonds. The van der Waals surface area contributed by atoms with E-state index in [4.69, 9.17) is 0 Å². The third kappa shape index (κ3) is 3.92.